The van der Waals surface area contributed by atoms with Crippen LogP contribution in [0.5, 0.6) is 0 Å². The SMILES string of the molecule is Fc1cccc(F)c1/C=C/C1CCCN1. The molecule has 3 heteroatoms. The second-order valence-electron chi connectivity index (χ2n) is 3.70. The highest BCUT2D eigenvalue weighted by Gasteiger charge is 2.11. The number of halogens is 2. The Morgan fingerprint density at radius 1 is 1.27 bits per heavy atom. The third kappa shape index (κ3) is 2.42. The quantitative estimate of drug-likeness (QED) is 0.789. The van der Waals surface area contributed by atoms with Crippen molar-refractivity contribution in [2.75, 3.05) is 6.54 Å². The van der Waals surface area contributed by atoms with Crippen molar-refractivity contribution in [3.8, 4) is 0 Å². The summed E-state index contributed by atoms with van der Waals surface area (Å²) in [6, 6.07) is 4.16. The molecule has 1 unspecified atom stereocenters. The van der Waals surface area contributed by atoms with E-state index in [-0.39, 0.29) is 11.6 Å². The Morgan fingerprint density at radius 3 is 2.60 bits per heavy atom. The average molecular weight is 209 g/mol. The summed E-state index contributed by atoms with van der Waals surface area (Å²) < 4.78 is 26.4. The van der Waals surface area contributed by atoms with Crippen LogP contribution in [0.4, 0.5) is 8.78 Å². The zero-order valence-corrected chi connectivity index (χ0v) is 8.34. The molecule has 2 rings (SSSR count). The van der Waals surface area contributed by atoms with E-state index < -0.39 is 11.6 Å². The zero-order valence-electron chi connectivity index (χ0n) is 8.34. The minimum absolute atomic E-state index is 0.0474. The van der Waals surface area contributed by atoms with E-state index >= 15 is 0 Å². The molecule has 80 valence electrons. The maximum Gasteiger partial charge on any atom is 0.133 e. The normalized spacial score (nSPS) is 21.3. The standard InChI is InChI=1S/C12H13F2N/c13-11-4-1-5-12(14)10(11)7-6-9-3-2-8-15-9/h1,4-7,9,15H,2-3,8H2/b7-6+. The second-order valence-corrected chi connectivity index (χ2v) is 3.70. The van der Waals surface area contributed by atoms with E-state index in [1.165, 1.54) is 24.3 Å². The third-order valence-electron chi connectivity index (χ3n) is 2.59. The minimum Gasteiger partial charge on any atom is -0.311 e. The highest BCUT2D eigenvalue weighted by Crippen LogP contribution is 2.15. The van der Waals surface area contributed by atoms with Crippen molar-refractivity contribution in [1.82, 2.24) is 5.32 Å². The Balaban J connectivity index is 2.15. The minimum atomic E-state index is -0.510. The fourth-order valence-electron chi connectivity index (χ4n) is 1.76. The maximum atomic E-state index is 13.2. The van der Waals surface area contributed by atoms with Gasteiger partial charge in [-0.3, -0.25) is 0 Å². The molecule has 1 aromatic rings. The lowest BCUT2D eigenvalue weighted by Gasteiger charge is -2.03. The molecule has 1 aliphatic heterocycles. The van der Waals surface area contributed by atoms with Gasteiger partial charge in [0.2, 0.25) is 0 Å². The van der Waals surface area contributed by atoms with Gasteiger partial charge in [-0.05, 0) is 31.5 Å². The molecule has 0 amide bonds. The van der Waals surface area contributed by atoms with E-state index in [2.05, 4.69) is 5.32 Å². The zero-order chi connectivity index (χ0) is 10.7. The summed E-state index contributed by atoms with van der Waals surface area (Å²) in [6.07, 6.45) is 5.50. The van der Waals surface area contributed by atoms with Gasteiger partial charge in [-0.25, -0.2) is 8.78 Å². The first-order valence-corrected chi connectivity index (χ1v) is 5.13. The van der Waals surface area contributed by atoms with E-state index in [0.717, 1.165) is 19.4 Å². The van der Waals surface area contributed by atoms with Crippen molar-refractivity contribution >= 4 is 6.08 Å². The summed E-state index contributed by atoms with van der Waals surface area (Å²) in [5.41, 5.74) is 0.0474. The maximum absolute atomic E-state index is 13.2. The first-order valence-electron chi connectivity index (χ1n) is 5.13. The van der Waals surface area contributed by atoms with Gasteiger partial charge in [0.15, 0.2) is 0 Å². The molecule has 1 N–H and O–H groups in total. The van der Waals surface area contributed by atoms with Crippen molar-refractivity contribution in [1.29, 1.82) is 0 Å². The lowest BCUT2D eigenvalue weighted by atomic mass is 10.1. The third-order valence-corrected chi connectivity index (χ3v) is 2.59. The molecule has 1 heterocycles. The molecule has 0 aromatic heterocycles. The number of nitrogens with one attached hydrogen (secondary N) is 1. The molecule has 1 fully saturated rings. The first-order chi connectivity index (χ1) is 7.27. The van der Waals surface area contributed by atoms with E-state index in [1.54, 1.807) is 0 Å². The number of benzene rings is 1. The van der Waals surface area contributed by atoms with E-state index in [0.29, 0.717) is 0 Å². The van der Waals surface area contributed by atoms with Gasteiger partial charge < -0.3 is 5.32 Å². The van der Waals surface area contributed by atoms with Gasteiger partial charge in [0.25, 0.3) is 0 Å². The summed E-state index contributed by atoms with van der Waals surface area (Å²) in [4.78, 5) is 0. The Bertz CT molecular complexity index is 348. The van der Waals surface area contributed by atoms with E-state index in [1.807, 2.05) is 6.08 Å². The van der Waals surface area contributed by atoms with Gasteiger partial charge in [0, 0.05) is 11.6 Å². The molecule has 0 aliphatic carbocycles. The number of hydrogen-bond donors (Lipinski definition) is 1. The Hall–Kier alpha value is -1.22. The van der Waals surface area contributed by atoms with Crippen LogP contribution in [0, 0.1) is 11.6 Å². The fourth-order valence-corrected chi connectivity index (χ4v) is 1.76. The van der Waals surface area contributed by atoms with Gasteiger partial charge in [-0.15, -0.1) is 0 Å². The number of rotatable bonds is 2. The molecule has 0 radical (unpaired) electrons. The van der Waals surface area contributed by atoms with Gasteiger partial charge in [-0.2, -0.15) is 0 Å². The largest absolute Gasteiger partial charge is 0.311 e. The van der Waals surface area contributed by atoms with Crippen molar-refractivity contribution in [2.45, 2.75) is 18.9 Å². The fraction of sp³-hybridized carbons (Fsp3) is 0.333. The molecule has 0 spiro atoms. The van der Waals surface area contributed by atoms with Crippen LogP contribution in [0.15, 0.2) is 24.3 Å². The van der Waals surface area contributed by atoms with Crippen molar-refractivity contribution in [2.24, 2.45) is 0 Å². The Morgan fingerprint density at radius 2 is 2.00 bits per heavy atom. The van der Waals surface area contributed by atoms with Crippen LogP contribution >= 0.6 is 0 Å². The summed E-state index contributed by atoms with van der Waals surface area (Å²) >= 11 is 0. The number of hydrogen-bond acceptors (Lipinski definition) is 1. The van der Waals surface area contributed by atoms with Crippen LogP contribution in [0.2, 0.25) is 0 Å². The first kappa shape index (κ1) is 10.3. The average Bonchev–Trinajstić information content (AvgIpc) is 2.70. The van der Waals surface area contributed by atoms with E-state index in [9.17, 15) is 8.78 Å². The van der Waals surface area contributed by atoms with Crippen LogP contribution in [0.3, 0.4) is 0 Å². The summed E-state index contributed by atoms with van der Waals surface area (Å²) in [6.45, 7) is 0.981. The van der Waals surface area contributed by atoms with Gasteiger partial charge in [0.1, 0.15) is 11.6 Å². The summed E-state index contributed by atoms with van der Waals surface area (Å²) in [5.74, 6) is -1.02. The molecular formula is C12H13F2N. The lowest BCUT2D eigenvalue weighted by Crippen LogP contribution is -2.18. The van der Waals surface area contributed by atoms with Crippen molar-refractivity contribution < 1.29 is 8.78 Å². The van der Waals surface area contributed by atoms with Crippen LogP contribution in [0.1, 0.15) is 18.4 Å². The summed E-state index contributed by atoms with van der Waals surface area (Å²) in [7, 11) is 0. The lowest BCUT2D eigenvalue weighted by molar-refractivity contribution is 0.578. The van der Waals surface area contributed by atoms with Gasteiger partial charge in [0.05, 0.1) is 0 Å². The molecule has 1 nitrogen and oxygen atoms in total. The Kier molecular flexibility index (Phi) is 3.11. The molecule has 1 saturated heterocycles. The summed E-state index contributed by atoms with van der Waals surface area (Å²) in [5, 5.41) is 3.23. The highest BCUT2D eigenvalue weighted by molar-refractivity contribution is 5.51. The molecule has 1 aliphatic rings. The molecule has 1 aromatic carbocycles. The van der Waals surface area contributed by atoms with Crippen LogP contribution in [-0.4, -0.2) is 12.6 Å². The van der Waals surface area contributed by atoms with Crippen LogP contribution < -0.4 is 5.32 Å². The predicted molar refractivity (Wildman–Crippen MR) is 56.4 cm³/mol. The molecular weight excluding hydrogens is 196 g/mol. The van der Waals surface area contributed by atoms with Crippen molar-refractivity contribution in [3.05, 3.63) is 41.5 Å². The van der Waals surface area contributed by atoms with Crippen LogP contribution in [-0.2, 0) is 0 Å². The second kappa shape index (κ2) is 4.53. The van der Waals surface area contributed by atoms with E-state index in [4.69, 9.17) is 0 Å². The molecule has 1 atom stereocenters. The van der Waals surface area contributed by atoms with Gasteiger partial charge in [-0.1, -0.05) is 18.2 Å². The smallest absolute Gasteiger partial charge is 0.133 e. The molecule has 0 bridgehead atoms. The molecule has 0 saturated carbocycles. The van der Waals surface area contributed by atoms with Crippen LogP contribution in [0.25, 0.3) is 6.08 Å². The predicted octanol–water partition coefficient (Wildman–Crippen LogP) is 2.73. The van der Waals surface area contributed by atoms with Gasteiger partial charge >= 0.3 is 0 Å². The Labute approximate surface area is 87.8 Å². The highest BCUT2D eigenvalue weighted by atomic mass is 19.1. The topological polar surface area (TPSA) is 12.0 Å². The monoisotopic (exact) mass is 209 g/mol. The molecule has 15 heavy (non-hydrogen) atoms. The van der Waals surface area contributed by atoms with Crippen molar-refractivity contribution in [3.63, 3.8) is 0 Å².